The van der Waals surface area contributed by atoms with Crippen LogP contribution in [0.2, 0.25) is 39.3 Å². The van der Waals surface area contributed by atoms with Crippen LogP contribution in [0, 0.1) is 0 Å². The fourth-order valence-corrected chi connectivity index (χ4v) is 11.4. The van der Waals surface area contributed by atoms with E-state index in [0.717, 1.165) is 0 Å². The Morgan fingerprint density at radius 2 is 0.412 bits per heavy atom. The first-order valence-electron chi connectivity index (χ1n) is 17.8. The van der Waals surface area contributed by atoms with Gasteiger partial charge in [-0.1, -0.05) is 49.7 Å². The molecule has 0 aromatic rings. The Balaban J connectivity index is 3.63. The van der Waals surface area contributed by atoms with E-state index < -0.39 is 150 Å². The molecule has 36 heteroatoms. The molecule has 0 bridgehead atoms. The Labute approximate surface area is 360 Å². The lowest BCUT2D eigenvalue weighted by Gasteiger charge is -2.44. The quantitative estimate of drug-likeness (QED) is 0.0749. The third kappa shape index (κ3) is 9.07. The van der Waals surface area contributed by atoms with E-state index in [1.165, 1.54) is 39.3 Å². The second-order valence-electron chi connectivity index (χ2n) is 17.2. The first kappa shape index (κ1) is 63.5. The van der Waals surface area contributed by atoms with Crippen molar-refractivity contribution in [3.63, 3.8) is 0 Å². The van der Waals surface area contributed by atoms with Gasteiger partial charge in [0.15, 0.2) is 0 Å². The van der Waals surface area contributed by atoms with Gasteiger partial charge in [0.25, 0.3) is 0 Å². The molecular weight excluding hydrogens is 1090 g/mol. The molecule has 0 unspecified atom stereocenters. The maximum absolute atomic E-state index is 14.7. The molecule has 68 heavy (non-hydrogen) atoms. The number of halogens is 34. The molecular formula is C32H30F34Si2. The molecule has 0 saturated heterocycles. The molecule has 0 saturated carbocycles. The molecule has 0 N–H and O–H groups in total. The van der Waals surface area contributed by atoms with Gasteiger partial charge in [0.1, 0.15) is 0 Å². The SMILES string of the molecule is C[Si](C)(C)C1=C(CCCC(F)(F)C(F)(F)C(F)(F)C(F)(F)C(F)(F)C(F)(F)C(F)(F)C(F)(F)F)C([Si](C)(C)C)=C1CCCC(F)(F)C(F)(F)C(F)(F)C(F)(F)C(F)(F)C(F)(F)C(F)(F)C(F)(F)F. The van der Waals surface area contributed by atoms with E-state index in [1.54, 1.807) is 0 Å². The van der Waals surface area contributed by atoms with E-state index in [1.807, 2.05) is 0 Å². The van der Waals surface area contributed by atoms with Crippen LogP contribution in [0.5, 0.6) is 0 Å². The van der Waals surface area contributed by atoms with Crippen LogP contribution in [0.4, 0.5) is 149 Å². The third-order valence-corrected chi connectivity index (χ3v) is 14.3. The van der Waals surface area contributed by atoms with Gasteiger partial charge in [0.2, 0.25) is 0 Å². The molecule has 1 rings (SSSR count). The molecule has 0 heterocycles. The molecule has 0 aromatic carbocycles. The van der Waals surface area contributed by atoms with Crippen molar-refractivity contribution in [1.82, 2.24) is 0 Å². The predicted octanol–water partition coefficient (Wildman–Crippen LogP) is 16.7. The van der Waals surface area contributed by atoms with Crippen molar-refractivity contribution >= 4 is 16.1 Å². The third-order valence-electron chi connectivity index (χ3n) is 10.1. The van der Waals surface area contributed by atoms with Crippen molar-refractivity contribution in [2.45, 2.75) is 173 Å². The summed E-state index contributed by atoms with van der Waals surface area (Å²) in [4.78, 5) is 0. The molecule has 0 amide bonds. The average Bonchev–Trinajstić information content (AvgIpc) is 3.06. The van der Waals surface area contributed by atoms with Crippen LogP contribution in [-0.2, 0) is 0 Å². The van der Waals surface area contributed by atoms with E-state index in [9.17, 15) is 149 Å². The van der Waals surface area contributed by atoms with Gasteiger partial charge in [-0.3, -0.25) is 0 Å². The molecule has 0 aliphatic heterocycles. The van der Waals surface area contributed by atoms with E-state index in [2.05, 4.69) is 0 Å². The van der Waals surface area contributed by atoms with Crippen LogP contribution in [0.15, 0.2) is 21.5 Å². The lowest BCUT2D eigenvalue weighted by molar-refractivity contribution is -0.461. The Hall–Kier alpha value is -2.47. The van der Waals surface area contributed by atoms with Crippen LogP contribution in [0.25, 0.3) is 0 Å². The van der Waals surface area contributed by atoms with Crippen LogP contribution in [0.1, 0.15) is 38.5 Å². The summed E-state index contributed by atoms with van der Waals surface area (Å²) in [7, 11) is -6.58. The number of hydrogen-bond acceptors (Lipinski definition) is 0. The van der Waals surface area contributed by atoms with Gasteiger partial charge in [-0.25, -0.2) is 0 Å². The minimum atomic E-state index is -8.91. The minimum absolute atomic E-state index is 0.228. The van der Waals surface area contributed by atoms with E-state index in [4.69, 9.17) is 0 Å². The van der Waals surface area contributed by atoms with E-state index in [0.29, 0.717) is 0 Å². The maximum atomic E-state index is 14.7. The Kier molecular flexibility index (Phi) is 16.0. The minimum Gasteiger partial charge on any atom is -0.200 e. The lowest BCUT2D eigenvalue weighted by Crippen LogP contribution is -2.74. The standard InChI is InChI=1S/C32H30F34Si2/c1-67(2,3)15-13(9-7-11-17(33,34)19(37,38)21(41,42)23(45,46)25(49,50)27(53,54)29(57,58)31(61,62)63)16(68(4,5)6)14(15)10-8-12-18(35,36)20(39,40)22(43,44)24(47,48)26(51,52)28(55,56)30(59,60)32(64,65)66/h7-12H2,1-6H3. The average molecular weight is 1120 g/mol. The molecule has 0 nitrogen and oxygen atoms in total. The fraction of sp³-hybridized carbons (Fsp3) is 0.875. The van der Waals surface area contributed by atoms with Gasteiger partial charge < -0.3 is 0 Å². The van der Waals surface area contributed by atoms with Gasteiger partial charge in [-0.05, 0) is 36.8 Å². The first-order chi connectivity index (χ1) is 28.9. The van der Waals surface area contributed by atoms with Gasteiger partial charge in [-0.15, -0.1) is 0 Å². The first-order valence-corrected chi connectivity index (χ1v) is 24.8. The molecule has 0 aromatic heterocycles. The van der Waals surface area contributed by atoms with E-state index >= 15 is 0 Å². The van der Waals surface area contributed by atoms with Crippen LogP contribution >= 0.6 is 0 Å². The molecule has 404 valence electrons. The van der Waals surface area contributed by atoms with Crippen molar-refractivity contribution in [2.24, 2.45) is 0 Å². The van der Waals surface area contributed by atoms with Gasteiger partial charge >= 0.3 is 95.3 Å². The highest BCUT2D eigenvalue weighted by atomic mass is 28.3. The highest BCUT2D eigenvalue weighted by Gasteiger charge is 2.97. The van der Waals surface area contributed by atoms with Crippen molar-refractivity contribution < 1.29 is 149 Å². The summed E-state index contributed by atoms with van der Waals surface area (Å²) in [5.74, 6) is -117. The van der Waals surface area contributed by atoms with Crippen LogP contribution < -0.4 is 0 Å². The monoisotopic (exact) mass is 1120 g/mol. The zero-order valence-corrected chi connectivity index (χ0v) is 36.1. The van der Waals surface area contributed by atoms with Gasteiger partial charge in [-0.2, -0.15) is 149 Å². The zero-order valence-electron chi connectivity index (χ0n) is 34.1. The van der Waals surface area contributed by atoms with Crippen molar-refractivity contribution in [3.8, 4) is 0 Å². The summed E-state index contributed by atoms with van der Waals surface area (Å²) >= 11 is 0. The molecule has 0 spiro atoms. The lowest BCUT2D eigenvalue weighted by atomic mass is 9.85. The van der Waals surface area contributed by atoms with Gasteiger partial charge in [0, 0.05) is 12.8 Å². The molecule has 0 fully saturated rings. The van der Waals surface area contributed by atoms with E-state index in [-0.39, 0.29) is 21.5 Å². The number of allylic oxidation sites excluding steroid dienone is 4. The second kappa shape index (κ2) is 17.1. The molecule has 0 atom stereocenters. The summed E-state index contributed by atoms with van der Waals surface area (Å²) in [6.07, 6.45) is -27.7. The normalized spacial score (nSPS) is 17.6. The number of alkyl halides is 34. The summed E-state index contributed by atoms with van der Waals surface area (Å²) in [6, 6.07) is 0. The number of rotatable bonds is 22. The number of hydrogen-bond donors (Lipinski definition) is 0. The highest BCUT2D eigenvalue weighted by Crippen LogP contribution is 2.67. The summed E-state index contributed by atoms with van der Waals surface area (Å²) in [5, 5.41) is -0.456. The zero-order chi connectivity index (χ0) is 55.6. The second-order valence-corrected chi connectivity index (χ2v) is 27.2. The van der Waals surface area contributed by atoms with Gasteiger partial charge in [0.05, 0.1) is 16.1 Å². The molecule has 0 radical (unpaired) electrons. The molecule has 1 aliphatic carbocycles. The summed E-state index contributed by atoms with van der Waals surface area (Å²) in [6.45, 7) is 7.40. The summed E-state index contributed by atoms with van der Waals surface area (Å²) in [5.41, 5.74) is -0.700. The highest BCUT2D eigenvalue weighted by molar-refractivity contribution is 6.89. The van der Waals surface area contributed by atoms with Crippen molar-refractivity contribution in [3.05, 3.63) is 21.5 Å². The van der Waals surface area contributed by atoms with Crippen molar-refractivity contribution in [1.29, 1.82) is 0 Å². The Bertz CT molecular complexity index is 1750. The predicted molar refractivity (Wildman–Crippen MR) is 170 cm³/mol. The van der Waals surface area contributed by atoms with Crippen LogP contribution in [-0.4, -0.2) is 111 Å². The Morgan fingerprint density at radius 3 is 0.574 bits per heavy atom. The molecule has 1 aliphatic rings. The Morgan fingerprint density at radius 1 is 0.250 bits per heavy atom. The maximum Gasteiger partial charge on any atom is 0.460 e. The smallest absolute Gasteiger partial charge is 0.200 e. The summed E-state index contributed by atoms with van der Waals surface area (Å²) < 4.78 is 466. The fourth-order valence-electron chi connectivity index (χ4n) is 6.54. The van der Waals surface area contributed by atoms with Crippen LogP contribution in [0.3, 0.4) is 0 Å². The largest absolute Gasteiger partial charge is 0.460 e. The van der Waals surface area contributed by atoms with Crippen molar-refractivity contribution in [2.75, 3.05) is 0 Å². The topological polar surface area (TPSA) is 0 Å².